The van der Waals surface area contributed by atoms with Gasteiger partial charge in [-0.3, -0.25) is 9.59 Å². The van der Waals surface area contributed by atoms with Gasteiger partial charge in [0.25, 0.3) is 0 Å². The highest BCUT2D eigenvalue weighted by molar-refractivity contribution is 5.76. The third kappa shape index (κ3) is 4.21. The molecule has 92 valence electrons. The van der Waals surface area contributed by atoms with Crippen molar-refractivity contribution in [1.82, 2.24) is 0 Å². The molecule has 0 bridgehead atoms. The van der Waals surface area contributed by atoms with E-state index < -0.39 is 5.97 Å². The molecule has 1 aliphatic carbocycles. The van der Waals surface area contributed by atoms with Gasteiger partial charge in [-0.1, -0.05) is 20.3 Å². The van der Waals surface area contributed by atoms with Crippen LogP contribution in [0.2, 0.25) is 0 Å². The van der Waals surface area contributed by atoms with Crippen LogP contribution < -0.4 is 0 Å². The minimum atomic E-state index is -0.956. The normalized spacial score (nSPS) is 29.8. The second-order valence-corrected chi connectivity index (χ2v) is 4.82. The Hall–Kier alpha value is -1.06. The maximum atomic E-state index is 11.4. The van der Waals surface area contributed by atoms with Gasteiger partial charge in [0.05, 0.1) is 12.8 Å². The van der Waals surface area contributed by atoms with Crippen molar-refractivity contribution < 1.29 is 19.4 Å². The van der Waals surface area contributed by atoms with Crippen LogP contribution in [0.5, 0.6) is 0 Å². The van der Waals surface area contributed by atoms with Crippen molar-refractivity contribution in [3.63, 3.8) is 0 Å². The number of hydrogen-bond donors (Lipinski definition) is 1. The fraction of sp³-hybridized carbons (Fsp3) is 0.833. The van der Waals surface area contributed by atoms with E-state index in [1.165, 1.54) is 6.42 Å². The molecule has 0 aliphatic heterocycles. The van der Waals surface area contributed by atoms with Crippen LogP contribution in [0.15, 0.2) is 0 Å². The molecule has 4 nitrogen and oxygen atoms in total. The monoisotopic (exact) mass is 228 g/mol. The van der Waals surface area contributed by atoms with Gasteiger partial charge in [-0.25, -0.2) is 0 Å². The second-order valence-electron chi connectivity index (χ2n) is 4.82. The summed E-state index contributed by atoms with van der Waals surface area (Å²) in [5, 5.41) is 8.45. The molecule has 0 aromatic carbocycles. The number of ether oxygens (including phenoxy) is 1. The number of carbonyl (C=O) groups is 2. The van der Waals surface area contributed by atoms with Gasteiger partial charge in [-0.2, -0.15) is 0 Å². The molecule has 0 heterocycles. The largest absolute Gasteiger partial charge is 0.481 e. The molecule has 0 spiro atoms. The van der Waals surface area contributed by atoms with Crippen LogP contribution >= 0.6 is 0 Å². The van der Waals surface area contributed by atoms with E-state index in [4.69, 9.17) is 9.84 Å². The number of rotatable bonds is 4. The predicted molar refractivity (Wildman–Crippen MR) is 58.9 cm³/mol. The first kappa shape index (κ1) is 13.0. The van der Waals surface area contributed by atoms with Gasteiger partial charge in [0, 0.05) is 0 Å². The molecule has 1 fully saturated rings. The summed E-state index contributed by atoms with van der Waals surface area (Å²) in [6.45, 7) is 4.24. The lowest BCUT2D eigenvalue weighted by molar-refractivity contribution is -0.156. The van der Waals surface area contributed by atoms with Crippen LogP contribution in [0.4, 0.5) is 0 Å². The Morgan fingerprint density at radius 1 is 1.25 bits per heavy atom. The zero-order chi connectivity index (χ0) is 12.1. The number of carbonyl (C=O) groups excluding carboxylic acids is 1. The first-order valence-electron chi connectivity index (χ1n) is 5.90. The molecule has 1 saturated carbocycles. The Labute approximate surface area is 96.0 Å². The molecule has 3 unspecified atom stereocenters. The third-order valence-corrected chi connectivity index (χ3v) is 3.21. The van der Waals surface area contributed by atoms with Gasteiger partial charge in [-0.05, 0) is 24.7 Å². The fourth-order valence-electron chi connectivity index (χ4n) is 2.08. The Bertz CT molecular complexity index is 262. The number of esters is 1. The Balaban J connectivity index is 2.34. The molecule has 3 atom stereocenters. The van der Waals surface area contributed by atoms with E-state index in [2.05, 4.69) is 13.8 Å². The lowest BCUT2D eigenvalue weighted by Crippen LogP contribution is -2.31. The molecule has 0 amide bonds. The zero-order valence-electron chi connectivity index (χ0n) is 9.94. The molecule has 1 N–H and O–H groups in total. The highest BCUT2D eigenvalue weighted by Crippen LogP contribution is 2.30. The van der Waals surface area contributed by atoms with Crippen LogP contribution in [-0.2, 0) is 14.3 Å². The van der Waals surface area contributed by atoms with E-state index in [0.29, 0.717) is 11.8 Å². The number of carboxylic acid groups (broad SMARTS) is 1. The average molecular weight is 228 g/mol. The minimum absolute atomic E-state index is 0.0209. The summed E-state index contributed by atoms with van der Waals surface area (Å²) in [6, 6.07) is 0. The van der Waals surface area contributed by atoms with Gasteiger partial charge in [-0.15, -0.1) is 0 Å². The van der Waals surface area contributed by atoms with Crippen molar-refractivity contribution in [3.05, 3.63) is 0 Å². The molecular formula is C12H20O4. The van der Waals surface area contributed by atoms with Crippen LogP contribution in [0, 0.1) is 11.8 Å². The fourth-order valence-corrected chi connectivity index (χ4v) is 2.08. The Morgan fingerprint density at radius 2 is 1.94 bits per heavy atom. The van der Waals surface area contributed by atoms with Crippen LogP contribution in [0.25, 0.3) is 0 Å². The van der Waals surface area contributed by atoms with Crippen molar-refractivity contribution in [2.75, 3.05) is 0 Å². The van der Waals surface area contributed by atoms with Crippen molar-refractivity contribution in [2.24, 2.45) is 11.8 Å². The van der Waals surface area contributed by atoms with Crippen LogP contribution in [0.3, 0.4) is 0 Å². The number of hydrogen-bond acceptors (Lipinski definition) is 3. The highest BCUT2D eigenvalue weighted by Gasteiger charge is 2.28. The lowest BCUT2D eigenvalue weighted by Gasteiger charge is -2.32. The molecule has 0 aromatic rings. The van der Waals surface area contributed by atoms with E-state index >= 15 is 0 Å². The van der Waals surface area contributed by atoms with Crippen molar-refractivity contribution >= 4 is 11.9 Å². The van der Waals surface area contributed by atoms with Gasteiger partial charge < -0.3 is 9.84 Å². The lowest BCUT2D eigenvalue weighted by atomic mass is 9.82. The van der Waals surface area contributed by atoms with Crippen LogP contribution in [-0.4, -0.2) is 23.1 Å². The van der Waals surface area contributed by atoms with Crippen molar-refractivity contribution in [3.8, 4) is 0 Å². The number of aliphatic carboxylic acids is 1. The summed E-state index contributed by atoms with van der Waals surface area (Å²) in [5.74, 6) is -0.353. The average Bonchev–Trinajstić information content (AvgIpc) is 2.20. The summed E-state index contributed by atoms with van der Waals surface area (Å²) in [6.07, 6.45) is 2.98. The van der Waals surface area contributed by atoms with Gasteiger partial charge in [0.1, 0.15) is 6.10 Å². The van der Waals surface area contributed by atoms with Gasteiger partial charge in [0.2, 0.25) is 0 Å². The third-order valence-electron chi connectivity index (χ3n) is 3.21. The highest BCUT2D eigenvalue weighted by atomic mass is 16.5. The second kappa shape index (κ2) is 5.87. The Kier molecular flexibility index (Phi) is 4.77. The molecule has 0 aromatic heterocycles. The van der Waals surface area contributed by atoms with Crippen molar-refractivity contribution in [1.29, 1.82) is 0 Å². The standard InChI is InChI=1S/C12H20O4/c1-8-3-4-9(2)10(7-8)16-12(15)6-5-11(13)14/h8-10H,3-7H2,1-2H3,(H,13,14). The van der Waals surface area contributed by atoms with E-state index in [0.717, 1.165) is 12.8 Å². The van der Waals surface area contributed by atoms with Gasteiger partial charge in [0.15, 0.2) is 0 Å². The maximum absolute atomic E-state index is 11.4. The Morgan fingerprint density at radius 3 is 2.56 bits per heavy atom. The summed E-state index contributed by atoms with van der Waals surface area (Å²) in [5.41, 5.74) is 0. The number of carboxylic acids is 1. The summed E-state index contributed by atoms with van der Waals surface area (Å²) in [4.78, 5) is 21.7. The van der Waals surface area contributed by atoms with E-state index in [1.54, 1.807) is 0 Å². The SMILES string of the molecule is CC1CCC(C)C(OC(=O)CCC(=O)O)C1. The molecule has 16 heavy (non-hydrogen) atoms. The predicted octanol–water partition coefficient (Wildman–Crippen LogP) is 2.22. The first-order chi connectivity index (χ1) is 7.49. The summed E-state index contributed by atoms with van der Waals surface area (Å²) in [7, 11) is 0. The summed E-state index contributed by atoms with van der Waals surface area (Å²) < 4.78 is 5.32. The molecule has 0 radical (unpaired) electrons. The van der Waals surface area contributed by atoms with Crippen molar-refractivity contribution in [2.45, 2.75) is 52.1 Å². The molecule has 1 aliphatic rings. The first-order valence-corrected chi connectivity index (χ1v) is 5.90. The smallest absolute Gasteiger partial charge is 0.306 e. The minimum Gasteiger partial charge on any atom is -0.481 e. The van der Waals surface area contributed by atoms with E-state index in [9.17, 15) is 9.59 Å². The topological polar surface area (TPSA) is 63.6 Å². The van der Waals surface area contributed by atoms with E-state index in [1.807, 2.05) is 0 Å². The maximum Gasteiger partial charge on any atom is 0.306 e. The molecule has 0 saturated heterocycles. The van der Waals surface area contributed by atoms with Gasteiger partial charge >= 0.3 is 11.9 Å². The van der Waals surface area contributed by atoms with E-state index in [-0.39, 0.29) is 24.9 Å². The van der Waals surface area contributed by atoms with Crippen LogP contribution in [0.1, 0.15) is 46.0 Å². The summed E-state index contributed by atoms with van der Waals surface area (Å²) >= 11 is 0. The molecular weight excluding hydrogens is 208 g/mol. The quantitative estimate of drug-likeness (QED) is 0.749. The molecule has 1 rings (SSSR count). The zero-order valence-corrected chi connectivity index (χ0v) is 9.94. The molecule has 4 heteroatoms.